The predicted molar refractivity (Wildman–Crippen MR) is 262 cm³/mol. The molecule has 294 valence electrons. The normalized spacial score (nSPS) is 11.8. The van der Waals surface area contributed by atoms with Gasteiger partial charge in [0, 0.05) is 69.7 Å². The molecule has 13 aromatic rings. The average Bonchev–Trinajstić information content (AvgIpc) is 4.04. The van der Waals surface area contributed by atoms with Gasteiger partial charge in [0.1, 0.15) is 11.2 Å². The molecule has 0 aliphatic carbocycles. The van der Waals surface area contributed by atoms with Gasteiger partial charge in [-0.15, -0.1) is 11.3 Å². The van der Waals surface area contributed by atoms with Crippen LogP contribution in [0.1, 0.15) is 0 Å². The van der Waals surface area contributed by atoms with Crippen molar-refractivity contribution in [2.75, 3.05) is 0 Å². The predicted octanol–water partition coefficient (Wildman–Crippen LogP) is 15.6. The van der Waals surface area contributed by atoms with Crippen molar-refractivity contribution in [1.82, 2.24) is 19.5 Å². The highest BCUT2D eigenvalue weighted by atomic mass is 32.1. The minimum absolute atomic E-state index is 0.604. The number of aromatic nitrogens is 4. The van der Waals surface area contributed by atoms with Crippen molar-refractivity contribution < 1.29 is 4.42 Å². The summed E-state index contributed by atoms with van der Waals surface area (Å²) in [7, 11) is 0. The second kappa shape index (κ2) is 14.2. The summed E-state index contributed by atoms with van der Waals surface area (Å²) in [5.74, 6) is 1.85. The lowest BCUT2D eigenvalue weighted by atomic mass is 9.91. The topological polar surface area (TPSA) is 56.7 Å². The van der Waals surface area contributed by atoms with Gasteiger partial charge < -0.3 is 8.98 Å². The quantitative estimate of drug-likeness (QED) is 0.168. The Morgan fingerprint density at radius 1 is 0.365 bits per heavy atom. The first-order valence-electron chi connectivity index (χ1n) is 21.1. The molecule has 63 heavy (non-hydrogen) atoms. The van der Waals surface area contributed by atoms with E-state index in [1.165, 1.54) is 30.9 Å². The van der Waals surface area contributed by atoms with E-state index in [0.717, 1.165) is 77.6 Å². The number of hydrogen-bond acceptors (Lipinski definition) is 5. The zero-order chi connectivity index (χ0) is 41.4. The highest BCUT2D eigenvalue weighted by Gasteiger charge is 2.23. The molecule has 0 aliphatic heterocycles. The molecule has 5 nitrogen and oxygen atoms in total. The first-order valence-corrected chi connectivity index (χ1v) is 21.9. The van der Waals surface area contributed by atoms with Crippen LogP contribution in [-0.2, 0) is 0 Å². The summed E-state index contributed by atoms with van der Waals surface area (Å²) in [6.45, 7) is 0. The smallest absolute Gasteiger partial charge is 0.164 e. The fraction of sp³-hybridized carbons (Fsp3) is 0. The second-order valence-corrected chi connectivity index (χ2v) is 17.0. The molecule has 0 saturated carbocycles. The summed E-state index contributed by atoms with van der Waals surface area (Å²) in [4.78, 5) is 15.7. The molecule has 4 aromatic heterocycles. The monoisotopic (exact) mass is 822 g/mol. The summed E-state index contributed by atoms with van der Waals surface area (Å²) in [6, 6.07) is 72.7. The molecule has 0 radical (unpaired) electrons. The maximum absolute atomic E-state index is 6.42. The minimum atomic E-state index is 0.604. The Morgan fingerprint density at radius 3 is 1.67 bits per heavy atom. The molecule has 0 aliphatic rings. The van der Waals surface area contributed by atoms with Crippen LogP contribution in [0.15, 0.2) is 211 Å². The van der Waals surface area contributed by atoms with E-state index in [9.17, 15) is 0 Å². The van der Waals surface area contributed by atoms with E-state index in [1.54, 1.807) is 0 Å². The van der Waals surface area contributed by atoms with Crippen LogP contribution in [0.2, 0.25) is 0 Å². The maximum Gasteiger partial charge on any atom is 0.164 e. The SMILES string of the molecule is c1ccc(-c2nc(-c3ccccc3)nc(-c3ccc(-c4cccc5oc6ccccc6c45)cc3-c3cc(-n4c5ccccc5c5ccccc54)cc4c3sc3ccccc34)n2)cc1. The third-order valence-electron chi connectivity index (χ3n) is 12.3. The Labute approximate surface area is 365 Å². The molecule has 13 rings (SSSR count). The molecule has 0 amide bonds. The number of nitrogens with zero attached hydrogens (tertiary/aromatic N) is 4. The summed E-state index contributed by atoms with van der Waals surface area (Å²) in [6.07, 6.45) is 0. The van der Waals surface area contributed by atoms with E-state index in [4.69, 9.17) is 19.4 Å². The van der Waals surface area contributed by atoms with E-state index in [0.29, 0.717) is 17.5 Å². The zero-order valence-corrected chi connectivity index (χ0v) is 34.6. The second-order valence-electron chi connectivity index (χ2n) is 15.9. The third-order valence-corrected chi connectivity index (χ3v) is 13.5. The highest BCUT2D eigenvalue weighted by Crippen LogP contribution is 2.47. The zero-order valence-electron chi connectivity index (χ0n) is 33.7. The van der Waals surface area contributed by atoms with Gasteiger partial charge in [0.2, 0.25) is 0 Å². The number of hydrogen-bond donors (Lipinski definition) is 0. The van der Waals surface area contributed by atoms with Crippen LogP contribution in [0.3, 0.4) is 0 Å². The Morgan fingerprint density at radius 2 is 0.952 bits per heavy atom. The van der Waals surface area contributed by atoms with Gasteiger partial charge >= 0.3 is 0 Å². The van der Waals surface area contributed by atoms with Crippen LogP contribution in [0.4, 0.5) is 0 Å². The Bertz CT molecular complexity index is 3810. The average molecular weight is 823 g/mol. The van der Waals surface area contributed by atoms with Gasteiger partial charge in [-0.2, -0.15) is 0 Å². The van der Waals surface area contributed by atoms with Crippen molar-refractivity contribution in [3.63, 3.8) is 0 Å². The van der Waals surface area contributed by atoms with E-state index >= 15 is 0 Å². The molecule has 0 bridgehead atoms. The molecule has 9 aromatic carbocycles. The van der Waals surface area contributed by atoms with Gasteiger partial charge in [0.25, 0.3) is 0 Å². The summed E-state index contributed by atoms with van der Waals surface area (Å²) < 4.78 is 11.3. The molecule has 0 saturated heterocycles. The lowest BCUT2D eigenvalue weighted by molar-refractivity contribution is 0.669. The molecular formula is C57H34N4OS. The molecule has 0 spiro atoms. The van der Waals surface area contributed by atoms with Gasteiger partial charge in [0.05, 0.1) is 11.0 Å². The standard InChI is InChI=1S/C57H34N4OS/c1-3-16-35(17-4-1)55-58-56(36-18-5-2-6-19-36)60-57(59-55)43-31-30-37(39-24-15-28-51-53(39)44-23-9-13-27-50(44)62-51)32-45(43)47-34-38(33-46-42-22-10-14-29-52(42)63-54(46)47)61-48-25-11-7-20-40(48)41-21-8-12-26-49(41)61/h1-34H. The Balaban J connectivity index is 1.15. The van der Waals surface area contributed by atoms with Gasteiger partial charge in [-0.3, -0.25) is 0 Å². The van der Waals surface area contributed by atoms with Crippen LogP contribution in [0.5, 0.6) is 0 Å². The maximum atomic E-state index is 6.42. The van der Waals surface area contributed by atoms with Crippen molar-refractivity contribution in [1.29, 1.82) is 0 Å². The fourth-order valence-electron chi connectivity index (χ4n) is 9.42. The van der Waals surface area contributed by atoms with Gasteiger partial charge in [0.15, 0.2) is 17.5 Å². The number of furan rings is 1. The van der Waals surface area contributed by atoms with E-state index in [1.807, 2.05) is 59.9 Å². The van der Waals surface area contributed by atoms with Crippen LogP contribution in [0, 0.1) is 0 Å². The van der Waals surface area contributed by atoms with Crippen molar-refractivity contribution in [2.45, 2.75) is 0 Å². The molecular weight excluding hydrogens is 789 g/mol. The molecule has 4 heterocycles. The summed E-state index contributed by atoms with van der Waals surface area (Å²) in [5.41, 5.74) is 12.2. The molecule has 0 unspecified atom stereocenters. The first kappa shape index (κ1) is 35.6. The Kier molecular flexibility index (Phi) is 8.01. The fourth-order valence-corrected chi connectivity index (χ4v) is 10.6. The minimum Gasteiger partial charge on any atom is -0.456 e. The van der Waals surface area contributed by atoms with Crippen LogP contribution < -0.4 is 0 Å². The lowest BCUT2D eigenvalue weighted by Gasteiger charge is -2.17. The van der Waals surface area contributed by atoms with Crippen molar-refractivity contribution in [3.05, 3.63) is 206 Å². The highest BCUT2D eigenvalue weighted by molar-refractivity contribution is 7.26. The number of rotatable bonds is 6. The lowest BCUT2D eigenvalue weighted by Crippen LogP contribution is -2.01. The van der Waals surface area contributed by atoms with Gasteiger partial charge in [-0.05, 0) is 71.3 Å². The molecule has 0 fully saturated rings. The largest absolute Gasteiger partial charge is 0.456 e. The van der Waals surface area contributed by atoms with E-state index in [-0.39, 0.29) is 0 Å². The van der Waals surface area contributed by atoms with Crippen molar-refractivity contribution >= 4 is 75.3 Å². The number of benzene rings is 9. The van der Waals surface area contributed by atoms with E-state index < -0.39 is 0 Å². The summed E-state index contributed by atoms with van der Waals surface area (Å²) in [5, 5.41) is 7.06. The molecule has 0 atom stereocenters. The summed E-state index contributed by atoms with van der Waals surface area (Å²) >= 11 is 1.83. The van der Waals surface area contributed by atoms with Gasteiger partial charge in [-0.1, -0.05) is 152 Å². The van der Waals surface area contributed by atoms with Crippen LogP contribution in [-0.4, -0.2) is 19.5 Å². The Hall–Kier alpha value is -8.19. The van der Waals surface area contributed by atoms with E-state index in [2.05, 4.69) is 162 Å². The molecule has 6 heteroatoms. The van der Waals surface area contributed by atoms with Crippen molar-refractivity contribution in [2.24, 2.45) is 0 Å². The third kappa shape index (κ3) is 5.73. The van der Waals surface area contributed by atoms with Crippen molar-refractivity contribution in [3.8, 4) is 62.1 Å². The number of para-hydroxylation sites is 3. The number of thiophene rings is 1. The van der Waals surface area contributed by atoms with Crippen LogP contribution >= 0.6 is 11.3 Å². The van der Waals surface area contributed by atoms with Crippen LogP contribution in [0.25, 0.3) is 126 Å². The number of fused-ring (bicyclic) bond motifs is 9. The molecule has 0 N–H and O–H groups in total. The first-order chi connectivity index (χ1) is 31.2. The van der Waals surface area contributed by atoms with Gasteiger partial charge in [-0.25, -0.2) is 15.0 Å².